The molecule has 8 nitrogen and oxygen atoms in total. The number of carbonyl (C=O) groups is 1. The van der Waals surface area contributed by atoms with Gasteiger partial charge in [0.1, 0.15) is 18.1 Å². The van der Waals surface area contributed by atoms with Gasteiger partial charge in [-0.2, -0.15) is 5.26 Å². The lowest BCUT2D eigenvalue weighted by Gasteiger charge is -2.24. The maximum atomic E-state index is 12.5. The number of nitrogens with one attached hydrogen (secondary N) is 1. The van der Waals surface area contributed by atoms with Crippen LogP contribution in [-0.2, 0) is 17.8 Å². The van der Waals surface area contributed by atoms with Crippen molar-refractivity contribution in [3.63, 3.8) is 0 Å². The van der Waals surface area contributed by atoms with Gasteiger partial charge < -0.3 is 30.2 Å². The van der Waals surface area contributed by atoms with E-state index >= 15 is 0 Å². The Morgan fingerprint density at radius 3 is 2.64 bits per heavy atom. The van der Waals surface area contributed by atoms with E-state index in [1.54, 1.807) is 6.07 Å². The van der Waals surface area contributed by atoms with Crippen LogP contribution in [0.25, 0.3) is 0 Å². The number of amides is 1. The molecule has 13 heteroatoms. The van der Waals surface area contributed by atoms with E-state index in [0.717, 1.165) is 24.3 Å². The zero-order chi connectivity index (χ0) is 24.4. The Morgan fingerprint density at radius 1 is 1.39 bits per heavy atom. The summed E-state index contributed by atoms with van der Waals surface area (Å²) in [4.78, 5) is 12.5. The van der Waals surface area contributed by atoms with E-state index in [2.05, 4.69) is 10.1 Å². The van der Waals surface area contributed by atoms with Gasteiger partial charge in [-0.25, -0.2) is 0 Å². The largest absolute Gasteiger partial charge is 0.573 e. The zero-order valence-corrected chi connectivity index (χ0v) is 18.0. The van der Waals surface area contributed by atoms with Gasteiger partial charge in [-0.15, -0.1) is 13.2 Å². The molecule has 1 unspecified atom stereocenters. The third-order valence-corrected chi connectivity index (χ3v) is 5.22. The maximum Gasteiger partial charge on any atom is 0.573 e. The van der Waals surface area contributed by atoms with Crippen molar-refractivity contribution < 1.29 is 37.1 Å². The van der Waals surface area contributed by atoms with Crippen molar-refractivity contribution in [3.05, 3.63) is 52.0 Å². The summed E-state index contributed by atoms with van der Waals surface area (Å²) in [6.07, 6.45) is -4.86. The Balaban J connectivity index is 1.72. The van der Waals surface area contributed by atoms with Gasteiger partial charge in [0.25, 0.3) is 5.91 Å². The molecular formula is C20H18BClF3N3O5. The minimum Gasteiger partial charge on any atom is -0.488 e. The van der Waals surface area contributed by atoms with Crippen molar-refractivity contribution in [1.82, 2.24) is 5.32 Å². The van der Waals surface area contributed by atoms with Gasteiger partial charge in [0.15, 0.2) is 5.54 Å². The fraction of sp³-hybridized carbons (Fsp3) is 0.300. The molecule has 33 heavy (non-hydrogen) atoms. The standard InChI is InChI=1S/C20H18BClF3N3O5/c1-19(9-27,28-18(29)11-2-4-13(5-3-11)33-20(23,24)25)10-31-15-6-12(7-26)14-8-32-21(30)16(14)17(15)22/h2-6,30H,7-8,10,26H2,1H3,(H,28,29). The van der Waals surface area contributed by atoms with Crippen LogP contribution < -0.4 is 26.0 Å². The van der Waals surface area contributed by atoms with Gasteiger partial charge in [0, 0.05) is 17.6 Å². The summed E-state index contributed by atoms with van der Waals surface area (Å²) in [6, 6.07) is 7.71. The second-order valence-corrected chi connectivity index (χ2v) is 7.74. The molecule has 2 aromatic carbocycles. The van der Waals surface area contributed by atoms with E-state index in [1.165, 1.54) is 6.92 Å². The first-order valence-electron chi connectivity index (χ1n) is 9.52. The molecule has 0 saturated carbocycles. The van der Waals surface area contributed by atoms with Gasteiger partial charge in [-0.3, -0.25) is 4.79 Å². The number of carbonyl (C=O) groups excluding carboxylic acids is 1. The summed E-state index contributed by atoms with van der Waals surface area (Å²) in [5.41, 5.74) is 5.87. The van der Waals surface area contributed by atoms with Gasteiger partial charge in [0.2, 0.25) is 0 Å². The highest BCUT2D eigenvalue weighted by Crippen LogP contribution is 2.31. The molecule has 1 atom stereocenters. The van der Waals surface area contributed by atoms with Gasteiger partial charge in [0.05, 0.1) is 17.7 Å². The molecule has 0 fully saturated rings. The molecule has 174 valence electrons. The number of nitrogens with zero attached hydrogens (tertiary/aromatic N) is 1. The summed E-state index contributed by atoms with van der Waals surface area (Å²) in [6.45, 7) is 1.34. The van der Waals surface area contributed by atoms with Crippen molar-refractivity contribution in [2.24, 2.45) is 5.73 Å². The molecule has 2 aromatic rings. The summed E-state index contributed by atoms with van der Waals surface area (Å²) in [5.74, 6) is -1.06. The molecule has 0 radical (unpaired) electrons. The first kappa shape index (κ1) is 24.7. The molecule has 4 N–H and O–H groups in total. The third-order valence-electron chi connectivity index (χ3n) is 4.83. The highest BCUT2D eigenvalue weighted by molar-refractivity contribution is 6.65. The summed E-state index contributed by atoms with van der Waals surface area (Å²) in [5, 5.41) is 22.2. The van der Waals surface area contributed by atoms with Gasteiger partial charge >= 0.3 is 13.5 Å². The highest BCUT2D eigenvalue weighted by Gasteiger charge is 2.35. The quantitative estimate of drug-likeness (QED) is 0.514. The van der Waals surface area contributed by atoms with E-state index < -0.39 is 30.7 Å². The van der Waals surface area contributed by atoms with Crippen molar-refractivity contribution in [1.29, 1.82) is 5.26 Å². The highest BCUT2D eigenvalue weighted by atomic mass is 35.5. The number of rotatable bonds is 7. The van der Waals surface area contributed by atoms with E-state index in [-0.39, 0.29) is 36.1 Å². The van der Waals surface area contributed by atoms with Crippen molar-refractivity contribution >= 4 is 30.1 Å². The van der Waals surface area contributed by atoms with E-state index in [0.29, 0.717) is 16.6 Å². The lowest BCUT2D eigenvalue weighted by molar-refractivity contribution is -0.274. The first-order valence-corrected chi connectivity index (χ1v) is 9.90. The molecule has 0 spiro atoms. The normalized spacial score (nSPS) is 14.8. The van der Waals surface area contributed by atoms with E-state index in [1.807, 2.05) is 6.07 Å². The SMILES string of the molecule is CC(C#N)(COc1cc(CN)c2c(c1Cl)B(O)OC2)NC(=O)c1ccc(OC(F)(F)F)cc1. The number of alkyl halides is 3. The number of nitrogens with two attached hydrogens (primary N) is 1. The number of hydrogen-bond acceptors (Lipinski definition) is 7. The maximum absolute atomic E-state index is 12.5. The lowest BCUT2D eigenvalue weighted by Crippen LogP contribution is -2.49. The first-order chi connectivity index (χ1) is 15.5. The number of benzene rings is 2. The molecule has 1 aliphatic heterocycles. The number of ether oxygens (including phenoxy) is 2. The fourth-order valence-corrected chi connectivity index (χ4v) is 3.47. The number of hydrogen-bond donors (Lipinski definition) is 3. The van der Waals surface area contributed by atoms with Crippen molar-refractivity contribution in [3.8, 4) is 17.6 Å². The van der Waals surface area contributed by atoms with Crippen LogP contribution in [0.15, 0.2) is 30.3 Å². The lowest BCUT2D eigenvalue weighted by atomic mass is 9.78. The second kappa shape index (κ2) is 9.48. The Kier molecular flexibility index (Phi) is 7.09. The Hall–Kier alpha value is -2.98. The number of nitriles is 1. The van der Waals surface area contributed by atoms with Crippen molar-refractivity contribution in [2.75, 3.05) is 6.61 Å². The second-order valence-electron chi connectivity index (χ2n) is 7.37. The Bertz CT molecular complexity index is 1090. The molecule has 3 rings (SSSR count). The molecular weight excluding hydrogens is 465 g/mol. The predicted molar refractivity (Wildman–Crippen MR) is 112 cm³/mol. The van der Waals surface area contributed by atoms with Crippen LogP contribution in [0.3, 0.4) is 0 Å². The van der Waals surface area contributed by atoms with Crippen LogP contribution in [-0.4, -0.2) is 36.6 Å². The topological polar surface area (TPSA) is 127 Å². The smallest absolute Gasteiger partial charge is 0.488 e. The Morgan fingerprint density at radius 2 is 2.06 bits per heavy atom. The average molecular weight is 484 g/mol. The Labute approximate surface area is 192 Å². The van der Waals surface area contributed by atoms with E-state index in [9.17, 15) is 28.3 Å². The van der Waals surface area contributed by atoms with Crippen LogP contribution in [0.1, 0.15) is 28.4 Å². The zero-order valence-electron chi connectivity index (χ0n) is 17.2. The number of halogens is 4. The molecule has 0 saturated heterocycles. The van der Waals surface area contributed by atoms with E-state index in [4.69, 9.17) is 26.7 Å². The minimum absolute atomic E-state index is 0.00671. The van der Waals surface area contributed by atoms with Crippen molar-refractivity contribution in [2.45, 2.75) is 32.0 Å². The molecule has 1 aliphatic rings. The molecule has 0 aliphatic carbocycles. The predicted octanol–water partition coefficient (Wildman–Crippen LogP) is 2.01. The monoisotopic (exact) mass is 483 g/mol. The summed E-state index contributed by atoms with van der Waals surface area (Å²) in [7, 11) is -1.24. The van der Waals surface area contributed by atoms with Crippen LogP contribution in [0.2, 0.25) is 5.02 Å². The average Bonchev–Trinajstić information content (AvgIpc) is 3.15. The fourth-order valence-electron chi connectivity index (χ4n) is 3.16. The summed E-state index contributed by atoms with van der Waals surface area (Å²) >= 11 is 6.34. The van der Waals surface area contributed by atoms with Crippen LogP contribution in [0.4, 0.5) is 13.2 Å². The number of fused-ring (bicyclic) bond motifs is 1. The third kappa shape index (κ3) is 5.69. The summed E-state index contributed by atoms with van der Waals surface area (Å²) < 4.78 is 51.5. The van der Waals surface area contributed by atoms with Crippen LogP contribution >= 0.6 is 11.6 Å². The minimum atomic E-state index is -4.86. The van der Waals surface area contributed by atoms with Gasteiger partial charge in [-0.05, 0) is 48.4 Å². The van der Waals surface area contributed by atoms with Gasteiger partial charge in [-0.1, -0.05) is 11.6 Å². The van der Waals surface area contributed by atoms with Crippen LogP contribution in [0.5, 0.6) is 11.5 Å². The molecule has 0 bridgehead atoms. The molecule has 1 amide bonds. The molecule has 1 heterocycles. The van der Waals surface area contributed by atoms with Crippen LogP contribution in [0, 0.1) is 11.3 Å². The molecule has 0 aromatic heterocycles.